The van der Waals surface area contributed by atoms with Gasteiger partial charge in [0.05, 0.1) is 0 Å². The normalized spacial score (nSPS) is 10.6. The van der Waals surface area contributed by atoms with Crippen LogP contribution < -0.4 is 0 Å². The maximum absolute atomic E-state index is 6.07. The lowest BCUT2D eigenvalue weighted by Crippen LogP contribution is -1.89. The molecule has 0 aliphatic carbocycles. The minimum Gasteiger partial charge on any atom is -0.122 e. The summed E-state index contributed by atoms with van der Waals surface area (Å²) in [7, 11) is 0. The fourth-order valence-electron chi connectivity index (χ4n) is 2.69. The zero-order chi connectivity index (χ0) is 15.4. The van der Waals surface area contributed by atoms with Gasteiger partial charge in [0.15, 0.2) is 0 Å². The van der Waals surface area contributed by atoms with Crippen LogP contribution in [0, 0.1) is 0 Å². The van der Waals surface area contributed by atoms with Gasteiger partial charge in [-0.3, -0.25) is 0 Å². The van der Waals surface area contributed by atoms with E-state index in [1.807, 2.05) is 24.3 Å². The van der Waals surface area contributed by atoms with E-state index < -0.39 is 0 Å². The van der Waals surface area contributed by atoms with Crippen LogP contribution in [0.5, 0.6) is 0 Å². The van der Waals surface area contributed by atoms with Crippen molar-refractivity contribution in [1.82, 2.24) is 0 Å². The number of benzene rings is 3. The molecule has 3 rings (SSSR count). The summed E-state index contributed by atoms with van der Waals surface area (Å²) in [5.74, 6) is 1.03. The van der Waals surface area contributed by atoms with Crippen molar-refractivity contribution in [3.63, 3.8) is 0 Å². The monoisotopic (exact) mass is 326 g/mol. The number of rotatable bonds is 4. The Hall–Kier alpha value is -1.76. The summed E-state index contributed by atoms with van der Waals surface area (Å²) in [6.45, 7) is 0. The maximum Gasteiger partial charge on any atom is 0.0480 e. The van der Waals surface area contributed by atoms with Crippen molar-refractivity contribution in [3.8, 4) is 22.3 Å². The van der Waals surface area contributed by atoms with Crippen LogP contribution in [0.15, 0.2) is 72.8 Å². The van der Waals surface area contributed by atoms with E-state index in [2.05, 4.69) is 48.5 Å². The first-order valence-electron chi connectivity index (χ1n) is 7.22. The molecule has 22 heavy (non-hydrogen) atoms. The largest absolute Gasteiger partial charge is 0.122 e. The molecule has 2 heteroatoms. The van der Waals surface area contributed by atoms with E-state index in [1.54, 1.807) is 0 Å². The minimum atomic E-state index is 0.513. The molecule has 0 radical (unpaired) electrons. The van der Waals surface area contributed by atoms with Crippen molar-refractivity contribution in [3.05, 3.63) is 83.9 Å². The van der Waals surface area contributed by atoms with Gasteiger partial charge in [-0.15, -0.1) is 23.2 Å². The standard InChI is InChI=1S/C20H16Cl2/c21-13-17-6-1-3-10-19(17)15-8-5-9-16(12-15)20-11-4-2-7-18(20)14-22/h1-12H,13-14H2. The van der Waals surface area contributed by atoms with Crippen molar-refractivity contribution in [2.75, 3.05) is 0 Å². The van der Waals surface area contributed by atoms with Crippen LogP contribution in [0.1, 0.15) is 11.1 Å². The molecule has 3 aromatic carbocycles. The van der Waals surface area contributed by atoms with E-state index in [-0.39, 0.29) is 0 Å². The minimum absolute atomic E-state index is 0.513. The van der Waals surface area contributed by atoms with Gasteiger partial charge in [0.1, 0.15) is 0 Å². The van der Waals surface area contributed by atoms with Gasteiger partial charge in [0.2, 0.25) is 0 Å². The van der Waals surface area contributed by atoms with Crippen molar-refractivity contribution >= 4 is 23.2 Å². The summed E-state index contributed by atoms with van der Waals surface area (Å²) < 4.78 is 0. The SMILES string of the molecule is ClCc1ccccc1-c1cccc(-c2ccccc2CCl)c1. The molecule has 0 aliphatic heterocycles. The molecule has 0 atom stereocenters. The first kappa shape index (κ1) is 15.1. The number of hydrogen-bond donors (Lipinski definition) is 0. The van der Waals surface area contributed by atoms with Crippen LogP contribution >= 0.6 is 23.2 Å². The van der Waals surface area contributed by atoms with Gasteiger partial charge in [0, 0.05) is 11.8 Å². The molecule has 0 aromatic heterocycles. The molecule has 0 saturated carbocycles. The van der Waals surface area contributed by atoms with Gasteiger partial charge in [-0.25, -0.2) is 0 Å². The Balaban J connectivity index is 2.10. The summed E-state index contributed by atoms with van der Waals surface area (Å²) in [5, 5.41) is 0. The fraction of sp³-hybridized carbons (Fsp3) is 0.100. The molecule has 0 bridgehead atoms. The van der Waals surface area contributed by atoms with Crippen molar-refractivity contribution in [2.45, 2.75) is 11.8 Å². The molecule has 0 nitrogen and oxygen atoms in total. The molecule has 0 aliphatic rings. The summed E-state index contributed by atoms with van der Waals surface area (Å²) in [5.41, 5.74) is 7.01. The van der Waals surface area contributed by atoms with E-state index in [9.17, 15) is 0 Å². The summed E-state index contributed by atoms with van der Waals surface area (Å²) in [6, 6.07) is 25.0. The van der Waals surface area contributed by atoms with Gasteiger partial charge in [-0.1, -0.05) is 66.7 Å². The molecule has 0 N–H and O–H groups in total. The Kier molecular flexibility index (Phi) is 4.82. The third-order valence-electron chi connectivity index (χ3n) is 3.81. The second kappa shape index (κ2) is 7.00. The van der Waals surface area contributed by atoms with Crippen LogP contribution in [-0.4, -0.2) is 0 Å². The molecule has 0 unspecified atom stereocenters. The second-order valence-corrected chi connectivity index (χ2v) is 5.70. The lowest BCUT2D eigenvalue weighted by atomic mass is 9.95. The molecule has 0 heterocycles. The number of alkyl halides is 2. The highest BCUT2D eigenvalue weighted by Crippen LogP contribution is 2.31. The molecule has 0 saturated heterocycles. The van der Waals surface area contributed by atoms with Gasteiger partial charge < -0.3 is 0 Å². The molecule has 110 valence electrons. The highest BCUT2D eigenvalue weighted by atomic mass is 35.5. The molecule has 0 fully saturated rings. The third-order valence-corrected chi connectivity index (χ3v) is 4.38. The topological polar surface area (TPSA) is 0 Å². The predicted octanol–water partition coefficient (Wildman–Crippen LogP) is 6.50. The molecular weight excluding hydrogens is 311 g/mol. The van der Waals surface area contributed by atoms with Crippen LogP contribution in [0.4, 0.5) is 0 Å². The van der Waals surface area contributed by atoms with Crippen molar-refractivity contribution < 1.29 is 0 Å². The Labute approximate surface area is 141 Å². The summed E-state index contributed by atoms with van der Waals surface area (Å²) in [4.78, 5) is 0. The summed E-state index contributed by atoms with van der Waals surface area (Å²) >= 11 is 12.1. The van der Waals surface area contributed by atoms with Gasteiger partial charge in [0.25, 0.3) is 0 Å². The first-order valence-corrected chi connectivity index (χ1v) is 8.29. The van der Waals surface area contributed by atoms with E-state index >= 15 is 0 Å². The lowest BCUT2D eigenvalue weighted by molar-refractivity contribution is 1.38. The zero-order valence-electron chi connectivity index (χ0n) is 12.1. The second-order valence-electron chi connectivity index (χ2n) is 5.16. The van der Waals surface area contributed by atoms with Gasteiger partial charge >= 0.3 is 0 Å². The fourth-order valence-corrected chi connectivity index (χ4v) is 3.16. The Morgan fingerprint density at radius 1 is 0.545 bits per heavy atom. The van der Waals surface area contributed by atoms with E-state index in [0.717, 1.165) is 11.1 Å². The Morgan fingerprint density at radius 2 is 1.00 bits per heavy atom. The lowest BCUT2D eigenvalue weighted by Gasteiger charge is -2.11. The highest BCUT2D eigenvalue weighted by molar-refractivity contribution is 6.17. The third kappa shape index (κ3) is 3.04. The van der Waals surface area contributed by atoms with Gasteiger partial charge in [-0.05, 0) is 39.4 Å². The Bertz CT molecular complexity index is 715. The van der Waals surface area contributed by atoms with Crippen LogP contribution in [0.3, 0.4) is 0 Å². The molecule has 0 spiro atoms. The first-order chi connectivity index (χ1) is 10.8. The van der Waals surface area contributed by atoms with E-state index in [0.29, 0.717) is 11.8 Å². The van der Waals surface area contributed by atoms with Crippen LogP contribution in [-0.2, 0) is 11.8 Å². The molecule has 3 aromatic rings. The molecular formula is C20H16Cl2. The quantitative estimate of drug-likeness (QED) is 0.480. The maximum atomic E-state index is 6.07. The number of halogens is 2. The summed E-state index contributed by atoms with van der Waals surface area (Å²) in [6.07, 6.45) is 0. The van der Waals surface area contributed by atoms with Crippen molar-refractivity contribution in [2.24, 2.45) is 0 Å². The Morgan fingerprint density at radius 3 is 1.45 bits per heavy atom. The van der Waals surface area contributed by atoms with Crippen LogP contribution in [0.2, 0.25) is 0 Å². The average molecular weight is 327 g/mol. The van der Waals surface area contributed by atoms with Crippen molar-refractivity contribution in [1.29, 1.82) is 0 Å². The average Bonchev–Trinajstić information content (AvgIpc) is 2.61. The van der Waals surface area contributed by atoms with E-state index in [4.69, 9.17) is 23.2 Å². The molecule has 0 amide bonds. The van der Waals surface area contributed by atoms with E-state index in [1.165, 1.54) is 22.3 Å². The van der Waals surface area contributed by atoms with Gasteiger partial charge in [-0.2, -0.15) is 0 Å². The van der Waals surface area contributed by atoms with Crippen LogP contribution in [0.25, 0.3) is 22.3 Å². The highest BCUT2D eigenvalue weighted by Gasteiger charge is 2.07. The smallest absolute Gasteiger partial charge is 0.0480 e. The predicted molar refractivity (Wildman–Crippen MR) is 96.4 cm³/mol. The number of hydrogen-bond acceptors (Lipinski definition) is 0. The zero-order valence-corrected chi connectivity index (χ0v) is 13.6.